The third-order valence-corrected chi connectivity index (χ3v) is 6.78. The van der Waals surface area contributed by atoms with Gasteiger partial charge in [0, 0.05) is 18.6 Å². The molecule has 0 bridgehead atoms. The Hall–Kier alpha value is -3.89. The Balaban J connectivity index is 1.81. The summed E-state index contributed by atoms with van der Waals surface area (Å²) in [5.41, 5.74) is 6.55. The zero-order valence-electron chi connectivity index (χ0n) is 21.1. The van der Waals surface area contributed by atoms with E-state index in [1.165, 1.54) is 0 Å². The van der Waals surface area contributed by atoms with Gasteiger partial charge in [0.1, 0.15) is 5.75 Å². The predicted octanol–water partition coefficient (Wildman–Crippen LogP) is 7.45. The number of aryl methyl sites for hydroxylation is 1. The van der Waals surface area contributed by atoms with Gasteiger partial charge in [-0.3, -0.25) is 9.69 Å². The van der Waals surface area contributed by atoms with E-state index in [0.717, 1.165) is 39.1 Å². The van der Waals surface area contributed by atoms with E-state index >= 15 is 0 Å². The molecule has 4 heteroatoms. The van der Waals surface area contributed by atoms with Crippen molar-refractivity contribution in [1.29, 1.82) is 0 Å². The summed E-state index contributed by atoms with van der Waals surface area (Å²) >= 11 is 0. The van der Waals surface area contributed by atoms with Gasteiger partial charge in [-0.15, -0.1) is 0 Å². The molecule has 0 heterocycles. The second-order valence-corrected chi connectivity index (χ2v) is 9.16. The van der Waals surface area contributed by atoms with Crippen LogP contribution in [0, 0.1) is 6.92 Å². The van der Waals surface area contributed by atoms with Crippen molar-refractivity contribution >= 4 is 5.97 Å². The van der Waals surface area contributed by atoms with Crippen LogP contribution < -0.4 is 4.74 Å². The number of nitrogens with zero attached hydrogens (tertiary/aromatic N) is 1. The van der Waals surface area contributed by atoms with Gasteiger partial charge in [0.25, 0.3) is 0 Å². The number of benzene rings is 4. The second kappa shape index (κ2) is 11.7. The van der Waals surface area contributed by atoms with Gasteiger partial charge in [0.05, 0.1) is 13.5 Å². The molecule has 0 aliphatic heterocycles. The molecule has 0 aliphatic rings. The molecule has 4 aromatic rings. The van der Waals surface area contributed by atoms with Crippen molar-refractivity contribution in [2.75, 3.05) is 7.11 Å². The fraction of sp³-hybridized carbons (Fsp3) is 0.219. The molecule has 0 aliphatic carbocycles. The number of hydrogen-bond donors (Lipinski definition) is 1. The van der Waals surface area contributed by atoms with Gasteiger partial charge in [-0.2, -0.15) is 0 Å². The minimum Gasteiger partial charge on any atom is -0.497 e. The van der Waals surface area contributed by atoms with Crippen molar-refractivity contribution in [2.24, 2.45) is 0 Å². The minimum absolute atomic E-state index is 0.00458. The molecule has 2 unspecified atom stereocenters. The van der Waals surface area contributed by atoms with Gasteiger partial charge in [0.2, 0.25) is 0 Å². The van der Waals surface area contributed by atoms with E-state index < -0.39 is 5.97 Å². The lowest BCUT2D eigenvalue weighted by molar-refractivity contribution is -0.138. The molecule has 1 N–H and O–H groups in total. The summed E-state index contributed by atoms with van der Waals surface area (Å²) in [5, 5.41) is 9.98. The quantitative estimate of drug-likeness (QED) is 0.257. The third-order valence-electron chi connectivity index (χ3n) is 6.78. The smallest absolute Gasteiger partial charge is 0.305 e. The topological polar surface area (TPSA) is 49.8 Å². The lowest BCUT2D eigenvalue weighted by Crippen LogP contribution is -2.32. The van der Waals surface area contributed by atoms with E-state index in [-0.39, 0.29) is 18.5 Å². The maximum absolute atomic E-state index is 12.2. The van der Waals surface area contributed by atoms with E-state index in [9.17, 15) is 9.90 Å². The van der Waals surface area contributed by atoms with Gasteiger partial charge in [-0.25, -0.2) is 0 Å². The highest BCUT2D eigenvalue weighted by molar-refractivity contribution is 5.71. The maximum atomic E-state index is 12.2. The fourth-order valence-electron chi connectivity index (χ4n) is 4.77. The average molecular weight is 480 g/mol. The normalized spacial score (nSPS) is 12.8. The molecule has 0 saturated heterocycles. The number of carboxylic acids is 1. The Kier molecular flexibility index (Phi) is 8.19. The largest absolute Gasteiger partial charge is 0.497 e. The average Bonchev–Trinajstić information content (AvgIpc) is 2.91. The van der Waals surface area contributed by atoms with Crippen molar-refractivity contribution in [3.63, 3.8) is 0 Å². The van der Waals surface area contributed by atoms with Crippen LogP contribution in [0.2, 0.25) is 0 Å². The molecule has 0 saturated carbocycles. The Morgan fingerprint density at radius 1 is 0.861 bits per heavy atom. The highest BCUT2D eigenvalue weighted by atomic mass is 16.5. The van der Waals surface area contributed by atoms with Crippen molar-refractivity contribution in [3.8, 4) is 16.9 Å². The Labute approximate surface area is 213 Å². The molecule has 0 spiro atoms. The molecular formula is C32H33NO3. The molecule has 0 amide bonds. The first-order valence-corrected chi connectivity index (χ1v) is 12.3. The van der Waals surface area contributed by atoms with Crippen molar-refractivity contribution in [2.45, 2.75) is 38.9 Å². The zero-order valence-corrected chi connectivity index (χ0v) is 21.1. The highest BCUT2D eigenvalue weighted by Crippen LogP contribution is 2.37. The summed E-state index contributed by atoms with van der Waals surface area (Å²) in [7, 11) is 1.66. The van der Waals surface area contributed by atoms with Crippen molar-refractivity contribution < 1.29 is 14.6 Å². The van der Waals surface area contributed by atoms with Crippen LogP contribution >= 0.6 is 0 Å². The molecule has 0 fully saturated rings. The van der Waals surface area contributed by atoms with Crippen molar-refractivity contribution in [1.82, 2.24) is 4.90 Å². The van der Waals surface area contributed by atoms with Crippen LogP contribution in [0.1, 0.15) is 47.7 Å². The van der Waals surface area contributed by atoms with Crippen LogP contribution in [0.25, 0.3) is 11.1 Å². The van der Waals surface area contributed by atoms with Gasteiger partial charge in [-0.05, 0) is 65.4 Å². The van der Waals surface area contributed by atoms with Gasteiger partial charge >= 0.3 is 5.97 Å². The summed E-state index contributed by atoms with van der Waals surface area (Å²) in [6, 6.07) is 34.5. The highest BCUT2D eigenvalue weighted by Gasteiger charge is 2.29. The number of aliphatic carboxylic acids is 1. The van der Waals surface area contributed by atoms with Crippen LogP contribution in [0.3, 0.4) is 0 Å². The number of methoxy groups -OCH3 is 1. The number of ether oxygens (including phenoxy) is 1. The molecule has 2 atom stereocenters. The Bertz CT molecular complexity index is 1290. The molecule has 0 radical (unpaired) electrons. The first kappa shape index (κ1) is 25.2. The van der Waals surface area contributed by atoms with Crippen molar-refractivity contribution in [3.05, 3.63) is 125 Å². The maximum Gasteiger partial charge on any atom is 0.305 e. The second-order valence-electron chi connectivity index (χ2n) is 9.16. The number of rotatable bonds is 10. The van der Waals surface area contributed by atoms with E-state index in [1.807, 2.05) is 54.6 Å². The first-order valence-electron chi connectivity index (χ1n) is 12.3. The summed E-state index contributed by atoms with van der Waals surface area (Å²) in [6.07, 6.45) is 0.00458. The zero-order chi connectivity index (χ0) is 25.5. The Morgan fingerprint density at radius 3 is 2.22 bits per heavy atom. The van der Waals surface area contributed by atoms with E-state index in [1.54, 1.807) is 7.11 Å². The molecule has 4 rings (SSSR count). The number of carboxylic acid groups (broad SMARTS) is 1. The number of carbonyl (C=O) groups is 1. The molecule has 0 aromatic heterocycles. The predicted molar refractivity (Wildman–Crippen MR) is 145 cm³/mol. The lowest BCUT2D eigenvalue weighted by Gasteiger charge is -2.37. The molecular weight excluding hydrogens is 446 g/mol. The van der Waals surface area contributed by atoms with Gasteiger partial charge in [-0.1, -0.05) is 84.9 Å². The van der Waals surface area contributed by atoms with E-state index in [2.05, 4.69) is 67.3 Å². The van der Waals surface area contributed by atoms with Gasteiger partial charge < -0.3 is 9.84 Å². The monoisotopic (exact) mass is 479 g/mol. The van der Waals surface area contributed by atoms with E-state index in [0.29, 0.717) is 6.54 Å². The lowest BCUT2D eigenvalue weighted by atomic mass is 9.92. The van der Waals surface area contributed by atoms with Crippen LogP contribution in [-0.4, -0.2) is 23.1 Å². The van der Waals surface area contributed by atoms with E-state index in [4.69, 9.17) is 4.74 Å². The molecule has 4 aromatic carbocycles. The summed E-state index contributed by atoms with van der Waals surface area (Å²) in [4.78, 5) is 14.5. The summed E-state index contributed by atoms with van der Waals surface area (Å²) in [5.74, 6) is -0.0235. The van der Waals surface area contributed by atoms with Crippen LogP contribution in [0.15, 0.2) is 103 Å². The SMILES string of the molecule is COc1cccc(-c2cc(C(CC(=O)O)N(Cc3ccccc3)C(C)c3ccccc3)ccc2C)c1. The summed E-state index contributed by atoms with van der Waals surface area (Å²) < 4.78 is 5.45. The minimum atomic E-state index is -0.818. The summed E-state index contributed by atoms with van der Waals surface area (Å²) in [6.45, 7) is 4.88. The third kappa shape index (κ3) is 6.02. The van der Waals surface area contributed by atoms with Gasteiger partial charge in [0.15, 0.2) is 0 Å². The molecule has 184 valence electrons. The van der Waals surface area contributed by atoms with Crippen LogP contribution in [0.4, 0.5) is 0 Å². The Morgan fingerprint density at radius 2 is 1.56 bits per heavy atom. The molecule has 4 nitrogen and oxygen atoms in total. The first-order chi connectivity index (χ1) is 17.5. The molecule has 36 heavy (non-hydrogen) atoms. The number of hydrogen-bond acceptors (Lipinski definition) is 3. The van der Waals surface area contributed by atoms with Crippen LogP contribution in [-0.2, 0) is 11.3 Å². The van der Waals surface area contributed by atoms with Crippen LogP contribution in [0.5, 0.6) is 5.75 Å². The fourth-order valence-corrected chi connectivity index (χ4v) is 4.77. The standard InChI is InChI=1S/C32H33NO3/c1-23-17-18-28(20-30(23)27-15-10-16-29(19-27)36-3)31(21-32(34)35)33(22-25-11-6-4-7-12-25)24(2)26-13-8-5-9-14-26/h4-20,24,31H,21-22H2,1-3H3,(H,34,35).